The zero-order valence-electron chi connectivity index (χ0n) is 8.29. The molecule has 0 radical (unpaired) electrons. The number of fused-ring (bicyclic) bond motifs is 1. The van der Waals surface area contributed by atoms with E-state index in [1.165, 1.54) is 5.56 Å². The SMILES string of the molecule is CC.Cc1ccc2c(c1)NC=CO2. The van der Waals surface area contributed by atoms with Crippen molar-refractivity contribution >= 4 is 5.69 Å². The first kappa shape index (κ1) is 9.65. The third-order valence-corrected chi connectivity index (χ3v) is 1.64. The van der Waals surface area contributed by atoms with Crippen LogP contribution in [0, 0.1) is 6.92 Å². The quantitative estimate of drug-likeness (QED) is 0.656. The summed E-state index contributed by atoms with van der Waals surface area (Å²) in [4.78, 5) is 0. The van der Waals surface area contributed by atoms with Gasteiger partial charge in [-0.2, -0.15) is 0 Å². The Labute approximate surface area is 79.2 Å². The van der Waals surface area contributed by atoms with Crippen molar-refractivity contribution in [1.82, 2.24) is 0 Å². The number of nitrogens with one attached hydrogen (secondary N) is 1. The first-order valence-corrected chi connectivity index (χ1v) is 4.55. The summed E-state index contributed by atoms with van der Waals surface area (Å²) in [6, 6.07) is 6.04. The third-order valence-electron chi connectivity index (χ3n) is 1.64. The molecule has 0 saturated heterocycles. The summed E-state index contributed by atoms with van der Waals surface area (Å²) in [5, 5.41) is 3.10. The minimum atomic E-state index is 0.887. The minimum absolute atomic E-state index is 0.887. The second kappa shape index (κ2) is 4.55. The Morgan fingerprint density at radius 2 is 2.00 bits per heavy atom. The number of ether oxygens (including phenoxy) is 1. The average Bonchev–Trinajstić information content (AvgIpc) is 2.21. The molecule has 0 unspecified atom stereocenters. The zero-order chi connectivity index (χ0) is 9.68. The maximum atomic E-state index is 5.24. The molecule has 0 atom stereocenters. The molecule has 2 nitrogen and oxygen atoms in total. The molecule has 70 valence electrons. The molecular formula is C11H15NO. The van der Waals surface area contributed by atoms with E-state index < -0.39 is 0 Å². The van der Waals surface area contributed by atoms with E-state index in [9.17, 15) is 0 Å². The van der Waals surface area contributed by atoms with Crippen molar-refractivity contribution in [1.29, 1.82) is 0 Å². The van der Waals surface area contributed by atoms with Crippen molar-refractivity contribution in [2.24, 2.45) is 0 Å². The van der Waals surface area contributed by atoms with Crippen LogP contribution >= 0.6 is 0 Å². The van der Waals surface area contributed by atoms with Crippen LogP contribution in [0.4, 0.5) is 5.69 Å². The van der Waals surface area contributed by atoms with E-state index in [1.807, 2.05) is 26.0 Å². The molecule has 1 N–H and O–H groups in total. The summed E-state index contributed by atoms with van der Waals surface area (Å²) in [6.45, 7) is 6.06. The number of anilines is 1. The van der Waals surface area contributed by atoms with Gasteiger partial charge in [0.05, 0.1) is 5.69 Å². The standard InChI is InChI=1S/C9H9NO.C2H6/c1-7-2-3-9-8(6-7)10-4-5-11-9;1-2/h2-6,10H,1H3;1-2H3. The summed E-state index contributed by atoms with van der Waals surface area (Å²) >= 11 is 0. The molecule has 0 fully saturated rings. The first-order chi connectivity index (χ1) is 6.36. The molecule has 1 heterocycles. The molecule has 0 amide bonds. The maximum Gasteiger partial charge on any atom is 0.150 e. The van der Waals surface area contributed by atoms with Crippen LogP contribution in [0.15, 0.2) is 30.7 Å². The van der Waals surface area contributed by atoms with Crippen LogP contribution in [0.25, 0.3) is 0 Å². The predicted molar refractivity (Wildman–Crippen MR) is 55.9 cm³/mol. The lowest BCUT2D eigenvalue weighted by atomic mass is 10.2. The van der Waals surface area contributed by atoms with Gasteiger partial charge in [-0.3, -0.25) is 0 Å². The number of aryl methyl sites for hydroxylation is 1. The molecule has 0 saturated carbocycles. The predicted octanol–water partition coefficient (Wildman–Crippen LogP) is 3.30. The van der Waals surface area contributed by atoms with Crippen LogP contribution in [0.1, 0.15) is 19.4 Å². The Kier molecular flexibility index (Phi) is 3.38. The second-order valence-corrected chi connectivity index (χ2v) is 2.56. The lowest BCUT2D eigenvalue weighted by Gasteiger charge is -2.12. The van der Waals surface area contributed by atoms with Gasteiger partial charge in [0, 0.05) is 6.20 Å². The topological polar surface area (TPSA) is 21.3 Å². The zero-order valence-corrected chi connectivity index (χ0v) is 8.29. The highest BCUT2D eigenvalue weighted by molar-refractivity contribution is 5.60. The molecule has 2 rings (SSSR count). The fourth-order valence-corrected chi connectivity index (χ4v) is 1.09. The molecule has 1 aliphatic heterocycles. The van der Waals surface area contributed by atoms with Gasteiger partial charge >= 0.3 is 0 Å². The molecule has 0 aromatic heterocycles. The van der Waals surface area contributed by atoms with Gasteiger partial charge in [0.1, 0.15) is 12.0 Å². The van der Waals surface area contributed by atoms with Gasteiger partial charge in [-0.05, 0) is 24.6 Å². The van der Waals surface area contributed by atoms with Crippen molar-refractivity contribution in [3.05, 3.63) is 36.2 Å². The summed E-state index contributed by atoms with van der Waals surface area (Å²) in [5.41, 5.74) is 2.27. The number of hydrogen-bond acceptors (Lipinski definition) is 2. The van der Waals surface area contributed by atoms with Gasteiger partial charge in [-0.1, -0.05) is 19.9 Å². The van der Waals surface area contributed by atoms with Gasteiger partial charge < -0.3 is 10.1 Å². The number of hydrogen-bond donors (Lipinski definition) is 1. The summed E-state index contributed by atoms with van der Waals surface area (Å²) in [6.07, 6.45) is 3.42. The molecule has 1 aromatic rings. The van der Waals surface area contributed by atoms with Crippen LogP contribution in [-0.2, 0) is 0 Å². The molecule has 0 aliphatic carbocycles. The van der Waals surface area contributed by atoms with E-state index in [1.54, 1.807) is 12.5 Å². The highest BCUT2D eigenvalue weighted by Gasteiger charge is 2.03. The van der Waals surface area contributed by atoms with E-state index in [0.717, 1.165) is 11.4 Å². The maximum absolute atomic E-state index is 5.24. The Hall–Kier alpha value is -1.44. The van der Waals surface area contributed by atoms with Gasteiger partial charge in [0.2, 0.25) is 0 Å². The molecular weight excluding hydrogens is 162 g/mol. The second-order valence-electron chi connectivity index (χ2n) is 2.56. The Morgan fingerprint density at radius 3 is 2.77 bits per heavy atom. The van der Waals surface area contributed by atoms with Gasteiger partial charge in [0.15, 0.2) is 0 Å². The summed E-state index contributed by atoms with van der Waals surface area (Å²) in [7, 11) is 0. The van der Waals surface area contributed by atoms with Crippen molar-refractivity contribution in [3.8, 4) is 5.75 Å². The summed E-state index contributed by atoms with van der Waals surface area (Å²) < 4.78 is 5.24. The largest absolute Gasteiger partial charge is 0.461 e. The first-order valence-electron chi connectivity index (χ1n) is 4.55. The molecule has 2 heteroatoms. The Balaban J connectivity index is 0.000000396. The van der Waals surface area contributed by atoms with Gasteiger partial charge in [-0.25, -0.2) is 0 Å². The van der Waals surface area contributed by atoms with Crippen molar-refractivity contribution in [3.63, 3.8) is 0 Å². The number of rotatable bonds is 0. The minimum Gasteiger partial charge on any atom is -0.461 e. The lowest BCUT2D eigenvalue weighted by Crippen LogP contribution is -1.98. The molecule has 1 aliphatic rings. The highest BCUT2D eigenvalue weighted by Crippen LogP contribution is 2.27. The third kappa shape index (κ3) is 2.25. The Bertz CT molecular complexity index is 305. The fourth-order valence-electron chi connectivity index (χ4n) is 1.09. The van der Waals surface area contributed by atoms with Gasteiger partial charge in [-0.15, -0.1) is 0 Å². The van der Waals surface area contributed by atoms with Crippen LogP contribution in [-0.4, -0.2) is 0 Å². The molecule has 1 aromatic carbocycles. The average molecular weight is 177 g/mol. The van der Waals surface area contributed by atoms with E-state index in [4.69, 9.17) is 4.74 Å². The molecule has 13 heavy (non-hydrogen) atoms. The number of benzene rings is 1. The van der Waals surface area contributed by atoms with E-state index in [-0.39, 0.29) is 0 Å². The molecule has 0 spiro atoms. The van der Waals surface area contributed by atoms with E-state index in [2.05, 4.69) is 18.3 Å². The fraction of sp³-hybridized carbons (Fsp3) is 0.273. The molecule has 0 bridgehead atoms. The highest BCUT2D eigenvalue weighted by atomic mass is 16.5. The normalized spacial score (nSPS) is 11.6. The van der Waals surface area contributed by atoms with Crippen LogP contribution in [0.3, 0.4) is 0 Å². The van der Waals surface area contributed by atoms with Crippen molar-refractivity contribution < 1.29 is 4.74 Å². The monoisotopic (exact) mass is 177 g/mol. The van der Waals surface area contributed by atoms with Gasteiger partial charge in [0.25, 0.3) is 0 Å². The lowest BCUT2D eigenvalue weighted by molar-refractivity contribution is 0.477. The van der Waals surface area contributed by atoms with Crippen molar-refractivity contribution in [2.75, 3.05) is 5.32 Å². The smallest absolute Gasteiger partial charge is 0.150 e. The van der Waals surface area contributed by atoms with Crippen LogP contribution in [0.2, 0.25) is 0 Å². The van der Waals surface area contributed by atoms with E-state index >= 15 is 0 Å². The van der Waals surface area contributed by atoms with Crippen LogP contribution in [0.5, 0.6) is 5.75 Å². The van der Waals surface area contributed by atoms with Crippen molar-refractivity contribution in [2.45, 2.75) is 20.8 Å². The van der Waals surface area contributed by atoms with Crippen LogP contribution < -0.4 is 10.1 Å². The Morgan fingerprint density at radius 1 is 1.23 bits per heavy atom. The van der Waals surface area contributed by atoms with E-state index in [0.29, 0.717) is 0 Å². The summed E-state index contributed by atoms with van der Waals surface area (Å²) in [5.74, 6) is 0.887.